The number of fused-ring (bicyclic) bond motifs is 1. The van der Waals surface area contributed by atoms with Crippen LogP contribution < -0.4 is 17.2 Å². The van der Waals surface area contributed by atoms with Gasteiger partial charge in [-0.05, 0) is 0 Å². The molecule has 1 aromatic rings. The molecule has 12 heavy (non-hydrogen) atoms. The van der Waals surface area contributed by atoms with Gasteiger partial charge in [0.15, 0.2) is 0 Å². The van der Waals surface area contributed by atoms with Crippen molar-refractivity contribution in [3.8, 4) is 0 Å². The topological polar surface area (TPSA) is 25.8 Å². The molecule has 0 radical (unpaired) electrons. The van der Waals surface area contributed by atoms with Gasteiger partial charge in [0.25, 0.3) is 0 Å². The minimum atomic E-state index is 0.111. The zero-order valence-corrected chi connectivity index (χ0v) is 10.9. The fraction of sp³-hybridized carbons (Fsp3) is 0.500. The summed E-state index contributed by atoms with van der Waals surface area (Å²) in [6, 6.07) is 0. The molecule has 0 amide bonds. The second kappa shape index (κ2) is 4.17. The molecular formula is C8H9I2N2-. The molecule has 1 aromatic heterocycles. The number of halogens is 2. The van der Waals surface area contributed by atoms with Crippen molar-refractivity contribution in [1.82, 2.24) is 9.97 Å². The molecule has 4 heteroatoms. The number of hydrogen-bond donors (Lipinski definition) is 0. The van der Waals surface area contributed by atoms with Gasteiger partial charge in [0.2, 0.25) is 0 Å². The van der Waals surface area contributed by atoms with Crippen molar-refractivity contribution >= 4 is 18.6 Å². The summed E-state index contributed by atoms with van der Waals surface area (Å²) in [6.07, 6.45) is 6.76. The SMILES string of the molecule is I[I-]c1ncnc2c1CCCC2. The van der Waals surface area contributed by atoms with Crippen LogP contribution in [-0.4, -0.2) is 9.97 Å². The number of aromatic nitrogens is 2. The van der Waals surface area contributed by atoms with Crippen molar-refractivity contribution in [2.45, 2.75) is 25.7 Å². The molecule has 0 bridgehead atoms. The van der Waals surface area contributed by atoms with E-state index in [4.69, 9.17) is 0 Å². The van der Waals surface area contributed by atoms with Crippen LogP contribution in [0.25, 0.3) is 0 Å². The Balaban J connectivity index is 2.44. The second-order valence-corrected chi connectivity index (χ2v) is 7.03. The van der Waals surface area contributed by atoms with Crippen LogP contribution in [0.15, 0.2) is 6.33 Å². The van der Waals surface area contributed by atoms with E-state index in [0.29, 0.717) is 0 Å². The van der Waals surface area contributed by atoms with Gasteiger partial charge in [0.1, 0.15) is 0 Å². The van der Waals surface area contributed by atoms with E-state index in [1.165, 1.54) is 40.6 Å². The van der Waals surface area contributed by atoms with Gasteiger partial charge in [0, 0.05) is 0 Å². The first-order valence-electron chi connectivity index (χ1n) is 4.00. The Hall–Kier alpha value is 0.540. The predicted molar refractivity (Wildman–Crippen MR) is 51.4 cm³/mol. The fourth-order valence-corrected chi connectivity index (χ4v) is 4.96. The molecule has 0 spiro atoms. The second-order valence-electron chi connectivity index (χ2n) is 2.87. The average molecular weight is 387 g/mol. The van der Waals surface area contributed by atoms with Crippen LogP contribution in [0, 0.1) is 3.70 Å². The Morgan fingerprint density at radius 1 is 1.25 bits per heavy atom. The average Bonchev–Trinajstić information content (AvgIpc) is 2.17. The third kappa shape index (κ3) is 1.73. The number of aryl methyl sites for hydroxylation is 1. The van der Waals surface area contributed by atoms with E-state index in [1.807, 2.05) is 0 Å². The van der Waals surface area contributed by atoms with Crippen molar-refractivity contribution in [3.63, 3.8) is 0 Å². The van der Waals surface area contributed by atoms with Crippen LogP contribution in [0.1, 0.15) is 24.1 Å². The number of rotatable bonds is 1. The Morgan fingerprint density at radius 3 is 2.92 bits per heavy atom. The zero-order valence-electron chi connectivity index (χ0n) is 6.56. The van der Waals surface area contributed by atoms with Crippen molar-refractivity contribution < 1.29 is 17.2 Å². The van der Waals surface area contributed by atoms with Gasteiger partial charge in [-0.15, -0.1) is 0 Å². The first-order valence-corrected chi connectivity index (χ1v) is 11.4. The Morgan fingerprint density at radius 2 is 2.08 bits per heavy atom. The first kappa shape index (κ1) is 9.11. The van der Waals surface area contributed by atoms with Gasteiger partial charge < -0.3 is 0 Å². The van der Waals surface area contributed by atoms with E-state index >= 15 is 0 Å². The summed E-state index contributed by atoms with van der Waals surface area (Å²) in [5.41, 5.74) is 2.80. The van der Waals surface area contributed by atoms with Crippen molar-refractivity contribution in [3.05, 3.63) is 21.3 Å². The molecule has 0 aromatic carbocycles. The van der Waals surface area contributed by atoms with E-state index < -0.39 is 0 Å². The van der Waals surface area contributed by atoms with Crippen LogP contribution in [-0.2, 0) is 12.8 Å². The summed E-state index contributed by atoms with van der Waals surface area (Å²) in [6.45, 7) is 0. The van der Waals surface area contributed by atoms with Crippen LogP contribution in [0.4, 0.5) is 0 Å². The number of nitrogens with zero attached hydrogens (tertiary/aromatic N) is 2. The molecule has 0 saturated carbocycles. The molecule has 0 atom stereocenters. The summed E-state index contributed by atoms with van der Waals surface area (Å²) >= 11 is 2.59. The molecule has 66 valence electrons. The van der Waals surface area contributed by atoms with E-state index in [1.54, 1.807) is 6.33 Å². The summed E-state index contributed by atoms with van der Waals surface area (Å²) < 4.78 is 1.36. The van der Waals surface area contributed by atoms with Crippen molar-refractivity contribution in [1.29, 1.82) is 0 Å². The summed E-state index contributed by atoms with van der Waals surface area (Å²) in [5.74, 6) is 0. The first-order chi connectivity index (χ1) is 5.92. The normalized spacial score (nSPS) is 16.1. The van der Waals surface area contributed by atoms with Crippen LogP contribution in [0.2, 0.25) is 0 Å². The molecule has 0 unspecified atom stereocenters. The van der Waals surface area contributed by atoms with Gasteiger partial charge in [0.05, 0.1) is 0 Å². The Labute approximate surface area is 92.0 Å². The molecule has 1 heterocycles. The van der Waals surface area contributed by atoms with Crippen LogP contribution >= 0.6 is 18.6 Å². The quantitative estimate of drug-likeness (QED) is 0.455. The Kier molecular flexibility index (Phi) is 3.16. The van der Waals surface area contributed by atoms with Gasteiger partial charge in [-0.1, -0.05) is 0 Å². The standard InChI is InChI=1S/C8H9I2N2/c9-10-8-6-3-1-2-4-7(6)11-5-12-8/h5H,1-4H2/q-1. The van der Waals surface area contributed by atoms with E-state index in [9.17, 15) is 0 Å². The molecule has 2 nitrogen and oxygen atoms in total. The van der Waals surface area contributed by atoms with E-state index in [2.05, 4.69) is 28.6 Å². The zero-order chi connectivity index (χ0) is 8.39. The maximum absolute atomic E-state index is 4.34. The summed E-state index contributed by atoms with van der Waals surface area (Å²) in [4.78, 5) is 8.67. The number of hydrogen-bond acceptors (Lipinski definition) is 2. The van der Waals surface area contributed by atoms with Gasteiger partial charge in [-0.3, -0.25) is 0 Å². The predicted octanol–water partition coefficient (Wildman–Crippen LogP) is -1.04. The van der Waals surface area contributed by atoms with Gasteiger partial charge >= 0.3 is 92.8 Å². The van der Waals surface area contributed by atoms with Gasteiger partial charge in [-0.2, -0.15) is 0 Å². The van der Waals surface area contributed by atoms with Crippen LogP contribution in [0.5, 0.6) is 0 Å². The minimum absolute atomic E-state index is 0.111. The third-order valence-electron chi connectivity index (χ3n) is 2.14. The van der Waals surface area contributed by atoms with Crippen molar-refractivity contribution in [2.75, 3.05) is 0 Å². The Bertz CT molecular complexity index is 274. The van der Waals surface area contributed by atoms with E-state index in [0.717, 1.165) is 0 Å². The monoisotopic (exact) mass is 387 g/mol. The molecule has 1 aliphatic carbocycles. The van der Waals surface area contributed by atoms with E-state index in [-0.39, 0.29) is 17.2 Å². The molecule has 0 fully saturated rings. The summed E-state index contributed by atoms with van der Waals surface area (Å²) in [5, 5.41) is 0. The maximum atomic E-state index is 4.34. The van der Waals surface area contributed by atoms with Gasteiger partial charge in [-0.25, -0.2) is 0 Å². The third-order valence-corrected chi connectivity index (χ3v) is 6.05. The van der Waals surface area contributed by atoms with Crippen molar-refractivity contribution in [2.24, 2.45) is 0 Å². The molecule has 0 aliphatic heterocycles. The molecule has 0 N–H and O–H groups in total. The molecule has 0 saturated heterocycles. The summed E-state index contributed by atoms with van der Waals surface area (Å²) in [7, 11) is 0. The molecular weight excluding hydrogens is 378 g/mol. The molecule has 2 rings (SSSR count). The fourth-order valence-electron chi connectivity index (χ4n) is 1.54. The van der Waals surface area contributed by atoms with Crippen LogP contribution in [0.3, 0.4) is 0 Å². The molecule has 1 aliphatic rings.